The molecule has 3 fully saturated rings. The number of ether oxygens (including phenoxy) is 2. The lowest BCUT2D eigenvalue weighted by Crippen LogP contribution is -2.53. The zero-order valence-corrected chi connectivity index (χ0v) is 24.5. The third-order valence-electron chi connectivity index (χ3n) is 9.19. The lowest BCUT2D eigenvalue weighted by molar-refractivity contribution is 0.108. The number of hydrogen-bond donors (Lipinski definition) is 2. The number of piperazine rings is 1. The molecule has 0 amide bonds. The minimum absolute atomic E-state index is 0.00390. The van der Waals surface area contributed by atoms with Crippen molar-refractivity contribution in [2.45, 2.75) is 51.1 Å². The van der Waals surface area contributed by atoms with Gasteiger partial charge in [-0.3, -0.25) is 4.90 Å². The number of anilines is 1. The van der Waals surface area contributed by atoms with Gasteiger partial charge < -0.3 is 24.8 Å². The van der Waals surface area contributed by atoms with E-state index in [0.29, 0.717) is 42.9 Å². The summed E-state index contributed by atoms with van der Waals surface area (Å²) in [6, 6.07) is 7.34. The van der Waals surface area contributed by atoms with Crippen molar-refractivity contribution in [1.29, 1.82) is 0 Å². The van der Waals surface area contributed by atoms with Crippen LogP contribution < -0.4 is 19.7 Å². The lowest BCUT2D eigenvalue weighted by atomic mass is 9.95. The van der Waals surface area contributed by atoms with Crippen LogP contribution in [-0.2, 0) is 0 Å². The fourth-order valence-electron chi connectivity index (χ4n) is 7.24. The molecule has 226 valence electrons. The standard InChI is InChI=1S/C30H30F2N6O3.C2H6/c31-21-5-1-4-17-12-19(39)13-20(22(17)21)25-24(32)26-23-27(38-11-8-33-14-18(38)15-40-28(23)34-25)36-29(35-26)41-16-30-6-2-9-37(30)10-3-7-30;1-2/h1,4-5,12-13,18,33,39H,2-3,6-11,14-16H2;1-2H3/t18-;/m0./s1. The highest BCUT2D eigenvalue weighted by atomic mass is 19.1. The molecule has 1 atom stereocenters. The molecule has 8 rings (SSSR count). The molecule has 0 aliphatic carbocycles. The predicted molar refractivity (Wildman–Crippen MR) is 161 cm³/mol. The normalized spacial score (nSPS) is 20.7. The Hall–Kier alpha value is -3.83. The number of rotatable bonds is 4. The van der Waals surface area contributed by atoms with E-state index in [9.17, 15) is 5.11 Å². The van der Waals surface area contributed by atoms with E-state index in [-0.39, 0.29) is 51.4 Å². The van der Waals surface area contributed by atoms with Crippen LogP contribution in [0.4, 0.5) is 14.6 Å². The van der Waals surface area contributed by atoms with E-state index in [2.05, 4.69) is 25.1 Å². The summed E-state index contributed by atoms with van der Waals surface area (Å²) in [5.74, 6) is -0.708. The quantitative estimate of drug-likeness (QED) is 0.339. The molecule has 2 aromatic carbocycles. The molecule has 2 aromatic heterocycles. The van der Waals surface area contributed by atoms with Gasteiger partial charge in [0.25, 0.3) is 0 Å². The summed E-state index contributed by atoms with van der Waals surface area (Å²) >= 11 is 0. The molecule has 11 heteroatoms. The van der Waals surface area contributed by atoms with Crippen LogP contribution in [0.2, 0.25) is 0 Å². The first-order chi connectivity index (χ1) is 21.0. The molecule has 2 N–H and O–H groups in total. The van der Waals surface area contributed by atoms with Crippen LogP contribution in [0.5, 0.6) is 17.6 Å². The predicted octanol–water partition coefficient (Wildman–Crippen LogP) is 5.03. The third kappa shape index (κ3) is 4.60. The van der Waals surface area contributed by atoms with Crippen molar-refractivity contribution < 1.29 is 23.4 Å². The molecule has 4 aliphatic heterocycles. The van der Waals surface area contributed by atoms with E-state index < -0.39 is 11.6 Å². The summed E-state index contributed by atoms with van der Waals surface area (Å²) < 4.78 is 44.3. The summed E-state index contributed by atoms with van der Waals surface area (Å²) in [5.41, 5.74) is -0.0548. The number of hydrogen-bond acceptors (Lipinski definition) is 9. The molecule has 0 saturated carbocycles. The van der Waals surface area contributed by atoms with Gasteiger partial charge in [0, 0.05) is 30.6 Å². The number of halogens is 2. The number of phenols is 1. The number of fused-ring (bicyclic) bond motifs is 4. The van der Waals surface area contributed by atoms with Crippen molar-refractivity contribution in [3.05, 3.63) is 42.0 Å². The van der Waals surface area contributed by atoms with Gasteiger partial charge in [-0.25, -0.2) is 13.8 Å². The molecule has 0 unspecified atom stereocenters. The number of pyridine rings is 1. The van der Waals surface area contributed by atoms with Crippen molar-refractivity contribution in [2.75, 3.05) is 50.8 Å². The first kappa shape index (κ1) is 28.0. The van der Waals surface area contributed by atoms with Crippen molar-refractivity contribution in [2.24, 2.45) is 0 Å². The number of aromatic hydroxyl groups is 1. The Morgan fingerprint density at radius 1 is 1.07 bits per heavy atom. The Kier molecular flexibility index (Phi) is 7.17. The lowest BCUT2D eigenvalue weighted by Gasteiger charge is -2.35. The maximum absolute atomic E-state index is 16.7. The molecule has 43 heavy (non-hydrogen) atoms. The van der Waals surface area contributed by atoms with E-state index in [1.807, 2.05) is 13.8 Å². The number of aromatic nitrogens is 3. The second-order valence-corrected chi connectivity index (χ2v) is 11.5. The Labute approximate surface area is 248 Å². The van der Waals surface area contributed by atoms with Gasteiger partial charge in [-0.1, -0.05) is 26.0 Å². The highest BCUT2D eigenvalue weighted by Gasteiger charge is 2.45. The second kappa shape index (κ2) is 11.0. The zero-order valence-electron chi connectivity index (χ0n) is 24.5. The first-order valence-corrected chi connectivity index (χ1v) is 15.3. The van der Waals surface area contributed by atoms with Crippen LogP contribution in [-0.4, -0.2) is 82.5 Å². The van der Waals surface area contributed by atoms with Gasteiger partial charge in [0.15, 0.2) is 5.82 Å². The van der Waals surface area contributed by atoms with E-state index in [0.717, 1.165) is 45.3 Å². The van der Waals surface area contributed by atoms with Gasteiger partial charge in [-0.2, -0.15) is 9.97 Å². The van der Waals surface area contributed by atoms with E-state index in [1.54, 1.807) is 12.1 Å². The Balaban J connectivity index is 0.00000147. The van der Waals surface area contributed by atoms with Gasteiger partial charge in [-0.15, -0.1) is 0 Å². The Morgan fingerprint density at radius 2 is 1.88 bits per heavy atom. The van der Waals surface area contributed by atoms with Gasteiger partial charge in [0.05, 0.1) is 11.6 Å². The fraction of sp³-hybridized carbons (Fsp3) is 0.469. The molecule has 4 aliphatic rings. The topological polar surface area (TPSA) is 95.9 Å². The van der Waals surface area contributed by atoms with E-state index in [1.165, 1.54) is 18.2 Å². The molecule has 0 spiro atoms. The first-order valence-electron chi connectivity index (χ1n) is 15.3. The largest absolute Gasteiger partial charge is 0.508 e. The molecule has 9 nitrogen and oxygen atoms in total. The summed E-state index contributed by atoms with van der Waals surface area (Å²) in [6.45, 7) is 8.94. The van der Waals surface area contributed by atoms with Gasteiger partial charge >= 0.3 is 6.01 Å². The number of nitrogens with zero attached hydrogens (tertiary/aromatic N) is 5. The van der Waals surface area contributed by atoms with Gasteiger partial charge in [0.2, 0.25) is 5.88 Å². The Morgan fingerprint density at radius 3 is 2.70 bits per heavy atom. The van der Waals surface area contributed by atoms with Crippen LogP contribution in [0, 0.1) is 11.6 Å². The van der Waals surface area contributed by atoms with E-state index >= 15 is 8.78 Å². The number of phenolic OH excluding ortho intramolecular Hbond substituents is 1. The second-order valence-electron chi connectivity index (χ2n) is 11.5. The monoisotopic (exact) mass is 590 g/mol. The summed E-state index contributed by atoms with van der Waals surface area (Å²) in [7, 11) is 0. The molecular formula is C32H36F2N6O3. The highest BCUT2D eigenvalue weighted by Crippen LogP contribution is 2.44. The van der Waals surface area contributed by atoms with Crippen molar-refractivity contribution in [3.8, 4) is 28.9 Å². The zero-order chi connectivity index (χ0) is 29.7. The van der Waals surface area contributed by atoms with Crippen LogP contribution >= 0.6 is 0 Å². The molecular weight excluding hydrogens is 554 g/mol. The Bertz CT molecular complexity index is 1690. The molecule has 6 heterocycles. The van der Waals surface area contributed by atoms with Crippen LogP contribution in [0.1, 0.15) is 39.5 Å². The average molecular weight is 591 g/mol. The van der Waals surface area contributed by atoms with Crippen LogP contribution in [0.15, 0.2) is 30.3 Å². The van der Waals surface area contributed by atoms with Crippen molar-refractivity contribution >= 4 is 27.5 Å². The van der Waals surface area contributed by atoms with Gasteiger partial charge in [0.1, 0.15) is 47.2 Å². The smallest absolute Gasteiger partial charge is 0.319 e. The maximum atomic E-state index is 16.7. The average Bonchev–Trinajstić information content (AvgIpc) is 3.56. The minimum Gasteiger partial charge on any atom is -0.508 e. The maximum Gasteiger partial charge on any atom is 0.319 e. The summed E-state index contributed by atoms with van der Waals surface area (Å²) in [5, 5.41) is 14.8. The molecule has 3 saturated heterocycles. The summed E-state index contributed by atoms with van der Waals surface area (Å²) in [4.78, 5) is 18.6. The third-order valence-corrected chi connectivity index (χ3v) is 9.19. The molecule has 4 aromatic rings. The molecule has 0 bridgehead atoms. The number of benzene rings is 2. The fourth-order valence-corrected chi connectivity index (χ4v) is 7.24. The number of nitrogens with one attached hydrogen (secondary N) is 1. The molecule has 0 radical (unpaired) electrons. The van der Waals surface area contributed by atoms with Crippen molar-refractivity contribution in [1.82, 2.24) is 25.2 Å². The SMILES string of the molecule is CC.Oc1cc(-c2nc3c4c(nc(OCC56CCCN5CCC6)nc4c2F)N2CCNC[C@H]2CO3)c2c(F)cccc2c1. The van der Waals surface area contributed by atoms with Crippen LogP contribution in [0.3, 0.4) is 0 Å². The highest BCUT2D eigenvalue weighted by molar-refractivity contribution is 6.02. The minimum atomic E-state index is -0.744. The summed E-state index contributed by atoms with van der Waals surface area (Å²) in [6.07, 6.45) is 4.39. The van der Waals surface area contributed by atoms with Crippen molar-refractivity contribution in [3.63, 3.8) is 0 Å². The van der Waals surface area contributed by atoms with Crippen LogP contribution in [0.25, 0.3) is 32.9 Å². The van der Waals surface area contributed by atoms with E-state index in [4.69, 9.17) is 14.5 Å². The van der Waals surface area contributed by atoms with Gasteiger partial charge in [-0.05, 0) is 62.4 Å².